The first-order valence-corrected chi connectivity index (χ1v) is 6.76. The molecule has 5 nitrogen and oxygen atoms in total. The lowest BCUT2D eigenvalue weighted by atomic mass is 9.90. The van der Waals surface area contributed by atoms with Gasteiger partial charge in [-0.25, -0.2) is 4.79 Å². The van der Waals surface area contributed by atoms with Crippen molar-refractivity contribution in [1.82, 2.24) is 4.90 Å². The number of halogens is 1. The standard InChI is InChI=1S/C14H17ClN2O3/c1-9-4-3-5-10(15)11(9)16-13(20)17-7-6-14(2,8-17)12(18)19/h3-5H,6-8H2,1-2H3,(H,16,20)(H,18,19). The molecule has 1 fully saturated rings. The van der Waals surface area contributed by atoms with Crippen molar-refractivity contribution < 1.29 is 14.7 Å². The van der Waals surface area contributed by atoms with Crippen molar-refractivity contribution in [2.24, 2.45) is 5.41 Å². The normalized spacial score (nSPS) is 21.9. The fourth-order valence-electron chi connectivity index (χ4n) is 2.29. The fourth-order valence-corrected chi connectivity index (χ4v) is 2.55. The first-order chi connectivity index (χ1) is 9.33. The van der Waals surface area contributed by atoms with Gasteiger partial charge in [-0.3, -0.25) is 4.79 Å². The van der Waals surface area contributed by atoms with Gasteiger partial charge in [0.1, 0.15) is 0 Å². The lowest BCUT2D eigenvalue weighted by Crippen LogP contribution is -2.37. The summed E-state index contributed by atoms with van der Waals surface area (Å²) in [5.41, 5.74) is 0.571. The molecule has 0 bridgehead atoms. The molecule has 2 N–H and O–H groups in total. The van der Waals surface area contributed by atoms with Crippen molar-refractivity contribution >= 4 is 29.3 Å². The Hall–Kier alpha value is -1.75. The van der Waals surface area contributed by atoms with Crippen molar-refractivity contribution in [3.05, 3.63) is 28.8 Å². The molecule has 1 aromatic carbocycles. The second kappa shape index (κ2) is 5.32. The smallest absolute Gasteiger partial charge is 0.321 e. The van der Waals surface area contributed by atoms with Crippen LogP contribution < -0.4 is 5.32 Å². The molecule has 6 heteroatoms. The molecule has 0 saturated carbocycles. The Kier molecular flexibility index (Phi) is 3.90. The van der Waals surface area contributed by atoms with Gasteiger partial charge in [0.05, 0.1) is 16.1 Å². The zero-order valence-corrected chi connectivity index (χ0v) is 12.2. The largest absolute Gasteiger partial charge is 0.481 e. The number of carbonyl (C=O) groups excluding carboxylic acids is 1. The maximum absolute atomic E-state index is 12.2. The lowest BCUT2D eigenvalue weighted by Gasteiger charge is -2.21. The average Bonchev–Trinajstić information content (AvgIpc) is 2.78. The molecular formula is C14H17ClN2O3. The molecule has 2 rings (SSSR count). The molecule has 0 aromatic heterocycles. The van der Waals surface area contributed by atoms with Gasteiger partial charge in [-0.05, 0) is 31.9 Å². The van der Waals surface area contributed by atoms with E-state index in [0.717, 1.165) is 5.56 Å². The summed E-state index contributed by atoms with van der Waals surface area (Å²) < 4.78 is 0. The predicted octanol–water partition coefficient (Wildman–Crippen LogP) is 2.98. The van der Waals surface area contributed by atoms with E-state index in [9.17, 15) is 14.7 Å². The van der Waals surface area contributed by atoms with Crippen LogP contribution in [0.25, 0.3) is 0 Å². The minimum atomic E-state index is -0.873. The van der Waals surface area contributed by atoms with Crippen molar-refractivity contribution in [2.45, 2.75) is 20.3 Å². The number of hydrogen-bond acceptors (Lipinski definition) is 2. The number of carboxylic acid groups (broad SMARTS) is 1. The third kappa shape index (κ3) is 2.72. The van der Waals surface area contributed by atoms with Crippen LogP contribution in [0.3, 0.4) is 0 Å². The molecule has 0 radical (unpaired) electrons. The van der Waals surface area contributed by atoms with Gasteiger partial charge in [-0.1, -0.05) is 23.7 Å². The third-order valence-corrected chi connectivity index (χ3v) is 4.05. The number of rotatable bonds is 2. The quantitative estimate of drug-likeness (QED) is 0.881. The van der Waals surface area contributed by atoms with E-state index in [0.29, 0.717) is 23.7 Å². The Balaban J connectivity index is 2.09. The van der Waals surface area contributed by atoms with Crippen LogP contribution in [0.1, 0.15) is 18.9 Å². The number of amides is 2. The van der Waals surface area contributed by atoms with Crippen LogP contribution in [0.15, 0.2) is 18.2 Å². The van der Waals surface area contributed by atoms with E-state index in [1.54, 1.807) is 13.0 Å². The summed E-state index contributed by atoms with van der Waals surface area (Å²) >= 11 is 6.06. The van der Waals surface area contributed by atoms with Gasteiger partial charge < -0.3 is 15.3 Å². The SMILES string of the molecule is Cc1cccc(Cl)c1NC(=O)N1CCC(C)(C(=O)O)C1. The number of carboxylic acids is 1. The average molecular weight is 297 g/mol. The van der Waals surface area contributed by atoms with Gasteiger partial charge in [0, 0.05) is 13.1 Å². The highest BCUT2D eigenvalue weighted by Gasteiger charge is 2.42. The number of nitrogens with one attached hydrogen (secondary N) is 1. The summed E-state index contributed by atoms with van der Waals surface area (Å²) in [6, 6.07) is 5.05. The molecule has 1 saturated heterocycles. The Morgan fingerprint density at radius 1 is 1.45 bits per heavy atom. The van der Waals surface area contributed by atoms with Crippen LogP contribution in [0.5, 0.6) is 0 Å². The Labute approximate surface area is 122 Å². The van der Waals surface area contributed by atoms with Crippen molar-refractivity contribution in [1.29, 1.82) is 0 Å². The minimum Gasteiger partial charge on any atom is -0.481 e. The van der Waals surface area contributed by atoms with Gasteiger partial charge in [-0.2, -0.15) is 0 Å². The molecule has 0 aliphatic carbocycles. The molecule has 1 unspecified atom stereocenters. The van der Waals surface area contributed by atoms with Gasteiger partial charge in [0.15, 0.2) is 0 Å². The molecule has 0 spiro atoms. The number of aliphatic carboxylic acids is 1. The highest BCUT2D eigenvalue weighted by Crippen LogP contribution is 2.31. The van der Waals surface area contributed by atoms with E-state index in [2.05, 4.69) is 5.32 Å². The number of para-hydroxylation sites is 1. The number of nitrogens with zero attached hydrogens (tertiary/aromatic N) is 1. The van der Waals surface area contributed by atoms with Gasteiger partial charge in [0.25, 0.3) is 0 Å². The number of benzene rings is 1. The first-order valence-electron chi connectivity index (χ1n) is 6.38. The van der Waals surface area contributed by atoms with E-state index in [4.69, 9.17) is 11.6 Å². The first kappa shape index (κ1) is 14.7. The molecule has 1 heterocycles. The van der Waals surface area contributed by atoms with Crippen molar-refractivity contribution in [2.75, 3.05) is 18.4 Å². The van der Waals surface area contributed by atoms with E-state index in [-0.39, 0.29) is 12.6 Å². The second-order valence-electron chi connectivity index (χ2n) is 5.40. The Morgan fingerprint density at radius 3 is 2.70 bits per heavy atom. The van der Waals surface area contributed by atoms with Crippen LogP contribution in [-0.2, 0) is 4.79 Å². The zero-order valence-electron chi connectivity index (χ0n) is 11.4. The van der Waals surface area contributed by atoms with Crippen molar-refractivity contribution in [3.63, 3.8) is 0 Å². The summed E-state index contributed by atoms with van der Waals surface area (Å²) in [6.07, 6.45) is 0.456. The number of hydrogen-bond donors (Lipinski definition) is 2. The van der Waals surface area contributed by atoms with Gasteiger partial charge in [0.2, 0.25) is 0 Å². The summed E-state index contributed by atoms with van der Waals surface area (Å²) in [6.45, 7) is 4.14. The van der Waals surface area contributed by atoms with Crippen LogP contribution >= 0.6 is 11.6 Å². The molecule has 1 aromatic rings. The van der Waals surface area contributed by atoms with E-state index >= 15 is 0 Å². The molecule has 108 valence electrons. The van der Waals surface area contributed by atoms with Crippen LogP contribution in [0.2, 0.25) is 5.02 Å². The Morgan fingerprint density at radius 2 is 2.15 bits per heavy atom. The number of anilines is 1. The highest BCUT2D eigenvalue weighted by molar-refractivity contribution is 6.33. The predicted molar refractivity (Wildman–Crippen MR) is 77.1 cm³/mol. The number of urea groups is 1. The maximum Gasteiger partial charge on any atom is 0.321 e. The monoisotopic (exact) mass is 296 g/mol. The summed E-state index contributed by atoms with van der Waals surface area (Å²) in [7, 11) is 0. The van der Waals surface area contributed by atoms with Crippen molar-refractivity contribution in [3.8, 4) is 0 Å². The van der Waals surface area contributed by atoms with Gasteiger partial charge >= 0.3 is 12.0 Å². The number of aryl methyl sites for hydroxylation is 1. The summed E-state index contributed by atoms with van der Waals surface area (Å²) in [5, 5.41) is 12.4. The second-order valence-corrected chi connectivity index (χ2v) is 5.81. The highest BCUT2D eigenvalue weighted by atomic mass is 35.5. The molecule has 1 atom stereocenters. The molecule has 20 heavy (non-hydrogen) atoms. The van der Waals surface area contributed by atoms with Gasteiger partial charge in [-0.15, -0.1) is 0 Å². The summed E-state index contributed by atoms with van der Waals surface area (Å²) in [4.78, 5) is 24.9. The van der Waals surface area contributed by atoms with Crippen LogP contribution in [-0.4, -0.2) is 35.1 Å². The summed E-state index contributed by atoms with van der Waals surface area (Å²) in [5.74, 6) is -0.873. The van der Waals surface area contributed by atoms with Crippen LogP contribution in [0, 0.1) is 12.3 Å². The zero-order chi connectivity index (χ0) is 14.9. The fraction of sp³-hybridized carbons (Fsp3) is 0.429. The number of carbonyl (C=O) groups is 2. The lowest BCUT2D eigenvalue weighted by molar-refractivity contribution is -0.146. The van der Waals surface area contributed by atoms with Crippen LogP contribution in [0.4, 0.5) is 10.5 Å². The molecule has 1 aliphatic rings. The third-order valence-electron chi connectivity index (χ3n) is 3.73. The maximum atomic E-state index is 12.2. The Bertz CT molecular complexity index is 541. The van der Waals surface area contributed by atoms with E-state index < -0.39 is 11.4 Å². The molecular weight excluding hydrogens is 280 g/mol. The topological polar surface area (TPSA) is 69.6 Å². The van der Waals surface area contributed by atoms with E-state index in [1.807, 2.05) is 19.1 Å². The minimum absolute atomic E-state index is 0.206. The number of likely N-dealkylation sites (tertiary alicyclic amines) is 1. The molecule has 2 amide bonds. The van der Waals surface area contributed by atoms with E-state index in [1.165, 1.54) is 4.90 Å². The molecule has 1 aliphatic heterocycles.